The molecular formula is C7H12O3. The zero-order valence-corrected chi connectivity index (χ0v) is 6.16. The normalized spacial score (nSPS) is 14.9. The molecule has 0 aliphatic rings. The number of aliphatic hydroxyl groups is 1. The number of carboxylic acids is 1. The molecule has 0 saturated heterocycles. The highest BCUT2D eigenvalue weighted by molar-refractivity contribution is 5.80. The van der Waals surface area contributed by atoms with Crippen molar-refractivity contribution in [3.63, 3.8) is 0 Å². The maximum atomic E-state index is 10.0. The van der Waals surface area contributed by atoms with Gasteiger partial charge in [-0.15, -0.1) is 0 Å². The van der Waals surface area contributed by atoms with Gasteiger partial charge in [0.15, 0.2) is 0 Å². The van der Waals surface area contributed by atoms with Crippen LogP contribution in [-0.2, 0) is 4.79 Å². The second kappa shape index (κ2) is 4.06. The molecule has 0 aliphatic heterocycles. The Morgan fingerprint density at radius 1 is 1.70 bits per heavy atom. The third-order valence-electron chi connectivity index (χ3n) is 0.987. The van der Waals surface area contributed by atoms with Gasteiger partial charge >= 0.3 is 5.97 Å². The Kier molecular flexibility index (Phi) is 3.72. The van der Waals surface area contributed by atoms with Crippen molar-refractivity contribution in [2.24, 2.45) is 0 Å². The van der Waals surface area contributed by atoms with Crippen LogP contribution in [0.2, 0.25) is 0 Å². The van der Waals surface area contributed by atoms with Gasteiger partial charge < -0.3 is 10.2 Å². The fourth-order valence-electron chi connectivity index (χ4n) is 0.736. The summed E-state index contributed by atoms with van der Waals surface area (Å²) >= 11 is 0. The van der Waals surface area contributed by atoms with Crippen molar-refractivity contribution in [1.82, 2.24) is 0 Å². The highest BCUT2D eigenvalue weighted by Gasteiger charge is 1.98. The van der Waals surface area contributed by atoms with Crippen molar-refractivity contribution in [2.75, 3.05) is 0 Å². The topological polar surface area (TPSA) is 57.5 Å². The number of aliphatic carboxylic acids is 1. The number of aliphatic hydroxyl groups excluding tert-OH is 1. The summed E-state index contributed by atoms with van der Waals surface area (Å²) in [6.07, 6.45) is 1.06. The molecule has 0 amide bonds. The Morgan fingerprint density at radius 2 is 2.20 bits per heavy atom. The quantitative estimate of drug-likeness (QED) is 0.576. The third kappa shape index (κ3) is 5.31. The minimum absolute atomic E-state index is 0.423. The van der Waals surface area contributed by atoms with E-state index in [0.29, 0.717) is 12.0 Å². The maximum Gasteiger partial charge on any atom is 0.328 e. The van der Waals surface area contributed by atoms with E-state index in [2.05, 4.69) is 0 Å². The summed E-state index contributed by atoms with van der Waals surface area (Å²) in [4.78, 5) is 10.0. The highest BCUT2D eigenvalue weighted by Crippen LogP contribution is 2.02. The average molecular weight is 144 g/mol. The van der Waals surface area contributed by atoms with Gasteiger partial charge in [0.1, 0.15) is 0 Å². The van der Waals surface area contributed by atoms with Crippen molar-refractivity contribution in [3.8, 4) is 0 Å². The number of carbonyl (C=O) groups is 1. The predicted molar refractivity (Wildman–Crippen MR) is 37.7 cm³/mol. The molecule has 1 atom stereocenters. The van der Waals surface area contributed by atoms with E-state index in [4.69, 9.17) is 10.2 Å². The first-order chi connectivity index (χ1) is 4.52. The standard InChI is InChI=1S/C7H12O3/c1-5(3-6(2)8)4-7(9)10/h4,6,8H,3H2,1-2H3,(H,9,10)/b5-4-. The summed E-state index contributed by atoms with van der Waals surface area (Å²) in [5.41, 5.74) is 0.683. The van der Waals surface area contributed by atoms with Crippen LogP contribution in [0.3, 0.4) is 0 Å². The lowest BCUT2D eigenvalue weighted by Gasteiger charge is -2.01. The first-order valence-corrected chi connectivity index (χ1v) is 3.10. The lowest BCUT2D eigenvalue weighted by molar-refractivity contribution is -0.131. The molecule has 0 bridgehead atoms. The van der Waals surface area contributed by atoms with Crippen LogP contribution in [0.25, 0.3) is 0 Å². The second-order valence-corrected chi connectivity index (χ2v) is 2.38. The molecule has 2 N–H and O–H groups in total. The molecule has 0 saturated carbocycles. The average Bonchev–Trinajstić information content (AvgIpc) is 1.58. The molecule has 58 valence electrons. The lowest BCUT2D eigenvalue weighted by Crippen LogP contribution is -2.01. The first kappa shape index (κ1) is 9.17. The minimum Gasteiger partial charge on any atom is -0.478 e. The maximum absolute atomic E-state index is 10.0. The summed E-state index contributed by atoms with van der Waals surface area (Å²) in [7, 11) is 0. The summed E-state index contributed by atoms with van der Waals surface area (Å²) in [5, 5.41) is 17.0. The van der Waals surface area contributed by atoms with Crippen LogP contribution in [0, 0.1) is 0 Å². The van der Waals surface area contributed by atoms with Crippen molar-refractivity contribution >= 4 is 5.97 Å². The van der Waals surface area contributed by atoms with Gasteiger partial charge in [0.25, 0.3) is 0 Å². The largest absolute Gasteiger partial charge is 0.478 e. The SMILES string of the molecule is C/C(=C/C(=O)O)CC(C)O. The van der Waals surface area contributed by atoms with Crippen LogP contribution in [0.4, 0.5) is 0 Å². The molecule has 0 aromatic carbocycles. The van der Waals surface area contributed by atoms with Crippen LogP contribution in [-0.4, -0.2) is 22.3 Å². The van der Waals surface area contributed by atoms with Gasteiger partial charge in [-0.25, -0.2) is 4.79 Å². The Labute approximate surface area is 60.0 Å². The third-order valence-corrected chi connectivity index (χ3v) is 0.987. The van der Waals surface area contributed by atoms with Gasteiger partial charge in [-0.3, -0.25) is 0 Å². The Balaban J connectivity index is 3.83. The van der Waals surface area contributed by atoms with E-state index in [1.54, 1.807) is 13.8 Å². The Morgan fingerprint density at radius 3 is 2.50 bits per heavy atom. The molecule has 0 radical (unpaired) electrons. The van der Waals surface area contributed by atoms with Crippen molar-refractivity contribution in [2.45, 2.75) is 26.4 Å². The molecule has 0 aromatic heterocycles. The molecule has 3 heteroatoms. The summed E-state index contributed by atoms with van der Waals surface area (Å²) < 4.78 is 0. The highest BCUT2D eigenvalue weighted by atomic mass is 16.4. The Hall–Kier alpha value is -0.830. The lowest BCUT2D eigenvalue weighted by atomic mass is 10.1. The molecule has 0 aliphatic carbocycles. The molecule has 1 unspecified atom stereocenters. The van der Waals surface area contributed by atoms with Crippen LogP contribution in [0.1, 0.15) is 20.3 Å². The molecule has 0 heterocycles. The van der Waals surface area contributed by atoms with Crippen LogP contribution < -0.4 is 0 Å². The molecule has 0 fully saturated rings. The second-order valence-electron chi connectivity index (χ2n) is 2.38. The van der Waals surface area contributed by atoms with E-state index in [1.165, 1.54) is 0 Å². The van der Waals surface area contributed by atoms with Crippen LogP contribution >= 0.6 is 0 Å². The van der Waals surface area contributed by atoms with E-state index < -0.39 is 12.1 Å². The van der Waals surface area contributed by atoms with E-state index in [-0.39, 0.29) is 0 Å². The summed E-state index contributed by atoms with van der Waals surface area (Å²) in [6.45, 7) is 3.31. The number of hydrogen-bond donors (Lipinski definition) is 2. The fourth-order valence-corrected chi connectivity index (χ4v) is 0.736. The summed E-state index contributed by atoms with van der Waals surface area (Å²) in [6, 6.07) is 0. The van der Waals surface area contributed by atoms with Crippen molar-refractivity contribution in [1.29, 1.82) is 0 Å². The first-order valence-electron chi connectivity index (χ1n) is 3.10. The smallest absolute Gasteiger partial charge is 0.328 e. The van der Waals surface area contributed by atoms with Gasteiger partial charge in [0, 0.05) is 6.08 Å². The number of hydrogen-bond acceptors (Lipinski definition) is 2. The molecule has 3 nitrogen and oxygen atoms in total. The van der Waals surface area contributed by atoms with Crippen molar-refractivity contribution in [3.05, 3.63) is 11.6 Å². The van der Waals surface area contributed by atoms with Gasteiger partial charge in [-0.1, -0.05) is 5.57 Å². The van der Waals surface area contributed by atoms with Gasteiger partial charge in [-0.05, 0) is 20.3 Å². The molecule has 0 rings (SSSR count). The van der Waals surface area contributed by atoms with Crippen molar-refractivity contribution < 1.29 is 15.0 Å². The zero-order chi connectivity index (χ0) is 8.15. The predicted octanol–water partition coefficient (Wildman–Crippen LogP) is 0.788. The van der Waals surface area contributed by atoms with E-state index >= 15 is 0 Å². The molecule has 10 heavy (non-hydrogen) atoms. The zero-order valence-electron chi connectivity index (χ0n) is 6.16. The van der Waals surface area contributed by atoms with E-state index in [1.807, 2.05) is 0 Å². The van der Waals surface area contributed by atoms with Crippen LogP contribution in [0.5, 0.6) is 0 Å². The van der Waals surface area contributed by atoms with Crippen LogP contribution in [0.15, 0.2) is 11.6 Å². The molecule has 0 spiro atoms. The molecular weight excluding hydrogens is 132 g/mol. The van der Waals surface area contributed by atoms with Gasteiger partial charge in [0.05, 0.1) is 6.10 Å². The fraction of sp³-hybridized carbons (Fsp3) is 0.571. The van der Waals surface area contributed by atoms with E-state index in [9.17, 15) is 4.79 Å². The molecule has 0 aromatic rings. The Bertz CT molecular complexity index is 147. The van der Waals surface area contributed by atoms with Gasteiger partial charge in [0.2, 0.25) is 0 Å². The van der Waals surface area contributed by atoms with Gasteiger partial charge in [-0.2, -0.15) is 0 Å². The minimum atomic E-state index is -0.960. The van der Waals surface area contributed by atoms with E-state index in [0.717, 1.165) is 6.08 Å². The number of carboxylic acid groups (broad SMARTS) is 1. The summed E-state index contributed by atoms with van der Waals surface area (Å²) in [5.74, 6) is -0.960. The monoisotopic (exact) mass is 144 g/mol. The number of rotatable bonds is 3.